The standard InChI is InChI=1S/C12H14F3NO4/c1-8-5-9(19-7-12(13,14)15)3-4-11(8)16(18-2)10(17)6-20-11/h3-5,9H,6-7H2,1-2H3. The highest BCUT2D eigenvalue weighted by atomic mass is 19.4. The predicted octanol–water partition coefficient (Wildman–Crippen LogP) is 1.57. The molecule has 0 aromatic heterocycles. The fraction of sp³-hybridized carbons (Fsp3) is 0.583. The maximum Gasteiger partial charge on any atom is 0.411 e. The summed E-state index contributed by atoms with van der Waals surface area (Å²) in [7, 11) is 1.32. The van der Waals surface area contributed by atoms with Gasteiger partial charge in [0.2, 0.25) is 5.72 Å². The molecule has 1 spiro atoms. The van der Waals surface area contributed by atoms with Gasteiger partial charge in [-0.2, -0.15) is 18.2 Å². The number of hydrogen-bond acceptors (Lipinski definition) is 4. The van der Waals surface area contributed by atoms with Crippen LogP contribution in [0.15, 0.2) is 23.8 Å². The summed E-state index contributed by atoms with van der Waals surface area (Å²) < 4.78 is 46.5. The normalized spacial score (nSPS) is 30.2. The molecule has 5 nitrogen and oxygen atoms in total. The molecule has 1 heterocycles. The topological polar surface area (TPSA) is 48.0 Å². The number of amides is 1. The molecule has 2 aliphatic rings. The Kier molecular flexibility index (Phi) is 3.90. The summed E-state index contributed by atoms with van der Waals surface area (Å²) in [5, 5.41) is 1.05. The van der Waals surface area contributed by atoms with Crippen LogP contribution in [-0.4, -0.2) is 49.3 Å². The molecule has 2 rings (SSSR count). The average Bonchev–Trinajstić information content (AvgIpc) is 2.68. The Bertz CT molecular complexity index is 460. The third-order valence-corrected chi connectivity index (χ3v) is 3.06. The number of halogens is 3. The van der Waals surface area contributed by atoms with Crippen LogP contribution < -0.4 is 0 Å². The van der Waals surface area contributed by atoms with E-state index >= 15 is 0 Å². The second kappa shape index (κ2) is 5.19. The molecule has 0 aromatic rings. The van der Waals surface area contributed by atoms with Gasteiger partial charge >= 0.3 is 6.18 Å². The predicted molar refractivity (Wildman–Crippen MR) is 61.2 cm³/mol. The quantitative estimate of drug-likeness (QED) is 0.741. The molecule has 1 aliphatic heterocycles. The number of carbonyl (C=O) groups is 1. The summed E-state index contributed by atoms with van der Waals surface area (Å²) in [5.41, 5.74) is -0.663. The van der Waals surface area contributed by atoms with Crippen molar-refractivity contribution in [3.63, 3.8) is 0 Å². The van der Waals surface area contributed by atoms with Crippen LogP contribution in [-0.2, 0) is 19.1 Å². The van der Waals surface area contributed by atoms with E-state index in [1.807, 2.05) is 0 Å². The monoisotopic (exact) mass is 293 g/mol. The van der Waals surface area contributed by atoms with E-state index in [0.717, 1.165) is 5.06 Å². The molecule has 1 aliphatic carbocycles. The Morgan fingerprint density at radius 3 is 2.80 bits per heavy atom. The van der Waals surface area contributed by atoms with E-state index in [1.165, 1.54) is 25.3 Å². The fourth-order valence-corrected chi connectivity index (χ4v) is 2.17. The minimum atomic E-state index is -4.39. The van der Waals surface area contributed by atoms with E-state index in [2.05, 4.69) is 0 Å². The van der Waals surface area contributed by atoms with Gasteiger partial charge in [-0.3, -0.25) is 9.63 Å². The van der Waals surface area contributed by atoms with Crippen LogP contribution in [0.5, 0.6) is 0 Å². The third-order valence-electron chi connectivity index (χ3n) is 3.06. The highest BCUT2D eigenvalue weighted by Crippen LogP contribution is 2.36. The first kappa shape index (κ1) is 15.0. The van der Waals surface area contributed by atoms with Crippen molar-refractivity contribution in [3.05, 3.63) is 23.8 Å². The molecule has 0 bridgehead atoms. The van der Waals surface area contributed by atoms with Gasteiger partial charge in [0.25, 0.3) is 5.91 Å². The zero-order chi connectivity index (χ0) is 15.0. The van der Waals surface area contributed by atoms with Crippen molar-refractivity contribution in [2.75, 3.05) is 20.3 Å². The Labute approximate surface area is 113 Å². The molecule has 0 N–H and O–H groups in total. The lowest BCUT2D eigenvalue weighted by atomic mass is 9.96. The van der Waals surface area contributed by atoms with Gasteiger partial charge in [0.1, 0.15) is 13.2 Å². The molecule has 112 valence electrons. The van der Waals surface area contributed by atoms with Crippen molar-refractivity contribution in [1.82, 2.24) is 5.06 Å². The Morgan fingerprint density at radius 1 is 1.55 bits per heavy atom. The summed E-state index contributed by atoms with van der Waals surface area (Å²) in [5.74, 6) is -0.362. The van der Waals surface area contributed by atoms with Crippen LogP contribution in [0.3, 0.4) is 0 Å². The lowest BCUT2D eigenvalue weighted by molar-refractivity contribution is -0.209. The van der Waals surface area contributed by atoms with Crippen LogP contribution in [0.1, 0.15) is 6.92 Å². The minimum absolute atomic E-state index is 0.155. The fourth-order valence-electron chi connectivity index (χ4n) is 2.17. The van der Waals surface area contributed by atoms with Crippen molar-refractivity contribution < 1.29 is 32.3 Å². The van der Waals surface area contributed by atoms with Gasteiger partial charge in [-0.1, -0.05) is 6.08 Å². The summed E-state index contributed by atoms with van der Waals surface area (Å²) in [6, 6.07) is 0. The van der Waals surface area contributed by atoms with Gasteiger partial charge < -0.3 is 9.47 Å². The molecule has 0 radical (unpaired) electrons. The molecule has 20 heavy (non-hydrogen) atoms. The second-order valence-corrected chi connectivity index (χ2v) is 4.46. The van der Waals surface area contributed by atoms with Crippen LogP contribution >= 0.6 is 0 Å². The van der Waals surface area contributed by atoms with Crippen LogP contribution in [0.25, 0.3) is 0 Å². The van der Waals surface area contributed by atoms with Crippen LogP contribution in [0.2, 0.25) is 0 Å². The zero-order valence-electron chi connectivity index (χ0n) is 10.9. The number of alkyl halides is 3. The van der Waals surface area contributed by atoms with Gasteiger partial charge in [-0.15, -0.1) is 0 Å². The first-order valence-electron chi connectivity index (χ1n) is 5.86. The summed E-state index contributed by atoms with van der Waals surface area (Å²) in [4.78, 5) is 16.6. The molecule has 0 saturated carbocycles. The maximum absolute atomic E-state index is 12.1. The van der Waals surface area contributed by atoms with Gasteiger partial charge in [0, 0.05) is 0 Å². The summed E-state index contributed by atoms with van der Waals surface area (Å²) >= 11 is 0. The first-order chi connectivity index (χ1) is 9.28. The summed E-state index contributed by atoms with van der Waals surface area (Å²) in [6.45, 7) is 0.141. The van der Waals surface area contributed by atoms with Gasteiger partial charge in [-0.25, -0.2) is 0 Å². The van der Waals surface area contributed by atoms with Crippen molar-refractivity contribution in [3.8, 4) is 0 Å². The number of ether oxygens (including phenoxy) is 2. The zero-order valence-corrected chi connectivity index (χ0v) is 10.9. The first-order valence-corrected chi connectivity index (χ1v) is 5.86. The second-order valence-electron chi connectivity index (χ2n) is 4.46. The number of nitrogens with zero attached hydrogens (tertiary/aromatic N) is 1. The lowest BCUT2D eigenvalue weighted by Gasteiger charge is -2.36. The van der Waals surface area contributed by atoms with Crippen LogP contribution in [0, 0.1) is 0 Å². The molecule has 1 amide bonds. The van der Waals surface area contributed by atoms with Gasteiger partial charge in [-0.05, 0) is 24.6 Å². The largest absolute Gasteiger partial charge is 0.411 e. The molecule has 2 unspecified atom stereocenters. The van der Waals surface area contributed by atoms with E-state index in [0.29, 0.717) is 5.57 Å². The lowest BCUT2D eigenvalue weighted by Crippen LogP contribution is -2.47. The molecular formula is C12H14F3NO4. The molecule has 8 heteroatoms. The van der Waals surface area contributed by atoms with Crippen molar-refractivity contribution >= 4 is 5.91 Å². The molecular weight excluding hydrogens is 279 g/mol. The smallest absolute Gasteiger partial charge is 0.361 e. The van der Waals surface area contributed by atoms with Crippen molar-refractivity contribution in [1.29, 1.82) is 0 Å². The SMILES string of the molecule is CON1C(=O)COC12C=CC(OCC(F)(F)F)C=C2C. The number of rotatable bonds is 3. The van der Waals surface area contributed by atoms with E-state index in [-0.39, 0.29) is 12.5 Å². The maximum atomic E-state index is 12.1. The molecule has 1 fully saturated rings. The highest BCUT2D eigenvalue weighted by Gasteiger charge is 2.49. The number of hydroxylamine groups is 2. The third kappa shape index (κ3) is 2.72. The van der Waals surface area contributed by atoms with Gasteiger partial charge in [0.05, 0.1) is 13.2 Å². The van der Waals surface area contributed by atoms with Gasteiger partial charge in [0.15, 0.2) is 0 Å². The Morgan fingerprint density at radius 2 is 2.25 bits per heavy atom. The average molecular weight is 293 g/mol. The number of hydrogen-bond donors (Lipinski definition) is 0. The van der Waals surface area contributed by atoms with E-state index < -0.39 is 24.6 Å². The van der Waals surface area contributed by atoms with E-state index in [4.69, 9.17) is 14.3 Å². The summed E-state index contributed by atoms with van der Waals surface area (Å²) in [6.07, 6.45) is -0.860. The minimum Gasteiger partial charge on any atom is -0.361 e. The molecule has 0 aromatic carbocycles. The highest BCUT2D eigenvalue weighted by molar-refractivity contribution is 5.80. The Hall–Kier alpha value is -1.38. The number of carbonyl (C=O) groups excluding carboxylic acids is 1. The molecule has 1 saturated heterocycles. The van der Waals surface area contributed by atoms with E-state index in [1.54, 1.807) is 6.92 Å². The van der Waals surface area contributed by atoms with Crippen LogP contribution in [0.4, 0.5) is 13.2 Å². The van der Waals surface area contributed by atoms with E-state index in [9.17, 15) is 18.0 Å². The Balaban J connectivity index is 2.11. The van der Waals surface area contributed by atoms with Crippen molar-refractivity contribution in [2.45, 2.75) is 24.9 Å². The van der Waals surface area contributed by atoms with Crippen molar-refractivity contribution in [2.24, 2.45) is 0 Å². The molecule has 2 atom stereocenters.